The third kappa shape index (κ3) is 2.62. The number of thioether (sulfide) groups is 1. The quantitative estimate of drug-likeness (QED) is 0.412. The second-order valence-corrected chi connectivity index (χ2v) is 9.27. The van der Waals surface area contributed by atoms with Gasteiger partial charge in [0.1, 0.15) is 4.87 Å². The number of nitro groups is 1. The molecule has 0 amide bonds. The third-order valence-electron chi connectivity index (χ3n) is 6.21. The van der Waals surface area contributed by atoms with Crippen molar-refractivity contribution >= 4 is 34.3 Å². The molecule has 1 atom stereocenters. The Morgan fingerprint density at radius 3 is 2.43 bits per heavy atom. The summed E-state index contributed by atoms with van der Waals surface area (Å²) in [5.41, 5.74) is 3.07. The predicted octanol–water partition coefficient (Wildman–Crippen LogP) is 6.72. The molecule has 1 fully saturated rings. The zero-order chi connectivity index (χ0) is 21.7. The molecule has 1 spiro atoms. The number of hydrogen-bond donors (Lipinski definition) is 0. The summed E-state index contributed by atoms with van der Waals surface area (Å²) in [4.78, 5) is 14.3. The first-order chi connectivity index (χ1) is 14.3. The lowest BCUT2D eigenvalue weighted by atomic mass is 9.78. The van der Waals surface area contributed by atoms with Gasteiger partial charge in [-0.2, -0.15) is 0 Å². The maximum Gasteiger partial charge on any atom is 0.277 e. The minimum atomic E-state index is -0.386. The number of likely N-dealkylation sites (N-methyl/N-ethyl adjacent to an activating group) is 1. The van der Waals surface area contributed by atoms with Gasteiger partial charge in [-0.05, 0) is 29.4 Å². The lowest BCUT2D eigenvalue weighted by Crippen LogP contribution is -2.46. The number of non-ortho nitro benzene ring substituents is 1. The van der Waals surface area contributed by atoms with Crippen molar-refractivity contribution in [2.24, 2.45) is 5.41 Å². The Morgan fingerprint density at radius 1 is 1.13 bits per heavy atom. The molecule has 4 nitrogen and oxygen atoms in total. The van der Waals surface area contributed by atoms with E-state index in [2.05, 4.69) is 51.1 Å². The molecule has 152 valence electrons. The molecule has 0 saturated carbocycles. The molecule has 0 radical (unpaired) electrons. The summed E-state index contributed by atoms with van der Waals surface area (Å²) in [7, 11) is 2.09. The second kappa shape index (κ2) is 7.03. The summed E-state index contributed by atoms with van der Waals surface area (Å²) in [6.07, 6.45) is 11.9. The smallest absolute Gasteiger partial charge is 0.277 e. The van der Waals surface area contributed by atoms with Crippen LogP contribution in [0.1, 0.15) is 19.4 Å². The van der Waals surface area contributed by atoms with Crippen LogP contribution in [0.15, 0.2) is 90.0 Å². The number of hydrogen-bond acceptors (Lipinski definition) is 4. The fraction of sp³-hybridized carbons (Fsp3) is 0.200. The SMILES string of the molecule is C=C/C=C1\C(=C/C=C)N(C)C2(C=Cc3cc([N+](=O)[O-])c4ccccc4c3S2)C1(C)C. The van der Waals surface area contributed by atoms with Gasteiger partial charge in [0.15, 0.2) is 0 Å². The Bertz CT molecular complexity index is 1190. The highest BCUT2D eigenvalue weighted by atomic mass is 32.2. The van der Waals surface area contributed by atoms with E-state index in [9.17, 15) is 10.1 Å². The van der Waals surface area contributed by atoms with E-state index in [4.69, 9.17) is 0 Å². The molecule has 2 heterocycles. The summed E-state index contributed by atoms with van der Waals surface area (Å²) in [5.74, 6) is 0. The van der Waals surface area contributed by atoms with Gasteiger partial charge in [-0.3, -0.25) is 10.1 Å². The van der Waals surface area contributed by atoms with Crippen molar-refractivity contribution in [3.8, 4) is 0 Å². The van der Waals surface area contributed by atoms with Crippen molar-refractivity contribution in [3.63, 3.8) is 0 Å². The maximum absolute atomic E-state index is 11.7. The van der Waals surface area contributed by atoms with Crippen LogP contribution < -0.4 is 0 Å². The van der Waals surface area contributed by atoms with Crippen molar-refractivity contribution in [2.45, 2.75) is 23.6 Å². The molecule has 2 aliphatic heterocycles. The van der Waals surface area contributed by atoms with Gasteiger partial charge in [-0.15, -0.1) is 0 Å². The first-order valence-corrected chi connectivity index (χ1v) is 10.6. The molecule has 1 saturated heterocycles. The minimum Gasteiger partial charge on any atom is -0.355 e. The van der Waals surface area contributed by atoms with E-state index in [0.717, 1.165) is 21.5 Å². The molecule has 30 heavy (non-hydrogen) atoms. The number of allylic oxidation sites excluding steroid dienone is 5. The molecular formula is C25H24N2O2S. The van der Waals surface area contributed by atoms with Crippen LogP contribution in [0.25, 0.3) is 16.8 Å². The zero-order valence-corrected chi connectivity index (χ0v) is 18.2. The summed E-state index contributed by atoms with van der Waals surface area (Å²) < 4.78 is 0. The molecule has 2 aliphatic rings. The van der Waals surface area contributed by atoms with E-state index in [1.807, 2.05) is 48.6 Å². The lowest BCUT2D eigenvalue weighted by Gasteiger charge is -2.45. The molecule has 2 aromatic carbocycles. The monoisotopic (exact) mass is 416 g/mol. The first-order valence-electron chi connectivity index (χ1n) is 9.77. The summed E-state index contributed by atoms with van der Waals surface area (Å²) in [6, 6.07) is 9.28. The van der Waals surface area contributed by atoms with Gasteiger partial charge in [-0.25, -0.2) is 0 Å². The Kier molecular flexibility index (Phi) is 4.74. The number of nitrogens with zero attached hydrogens (tertiary/aromatic N) is 2. The summed E-state index contributed by atoms with van der Waals surface area (Å²) in [5, 5.41) is 13.2. The molecular weight excluding hydrogens is 392 g/mol. The number of nitro benzene ring substituents is 1. The highest BCUT2D eigenvalue weighted by molar-refractivity contribution is 8.01. The van der Waals surface area contributed by atoms with Gasteiger partial charge in [0.25, 0.3) is 5.69 Å². The highest BCUT2D eigenvalue weighted by Gasteiger charge is 2.57. The molecule has 5 heteroatoms. The molecule has 0 aromatic heterocycles. The van der Waals surface area contributed by atoms with Crippen LogP contribution in [0, 0.1) is 15.5 Å². The summed E-state index contributed by atoms with van der Waals surface area (Å²) >= 11 is 1.76. The van der Waals surface area contributed by atoms with E-state index >= 15 is 0 Å². The molecule has 0 aliphatic carbocycles. The van der Waals surface area contributed by atoms with E-state index in [1.165, 1.54) is 5.57 Å². The Labute approximate surface area is 181 Å². The number of benzene rings is 2. The zero-order valence-electron chi connectivity index (χ0n) is 17.4. The molecule has 2 aromatic rings. The number of rotatable bonds is 3. The maximum atomic E-state index is 11.7. The largest absolute Gasteiger partial charge is 0.355 e. The summed E-state index contributed by atoms with van der Waals surface area (Å²) in [6.45, 7) is 12.3. The van der Waals surface area contributed by atoms with E-state index in [-0.39, 0.29) is 20.9 Å². The van der Waals surface area contributed by atoms with Gasteiger partial charge < -0.3 is 4.90 Å². The normalized spacial score (nSPS) is 24.6. The van der Waals surface area contributed by atoms with Crippen molar-refractivity contribution in [3.05, 3.63) is 101 Å². The van der Waals surface area contributed by atoms with Crippen LogP contribution in [0.3, 0.4) is 0 Å². The van der Waals surface area contributed by atoms with Crippen LogP contribution in [-0.2, 0) is 0 Å². The fourth-order valence-corrected chi connectivity index (χ4v) is 6.25. The molecule has 0 N–H and O–H groups in total. The lowest BCUT2D eigenvalue weighted by molar-refractivity contribution is -0.383. The predicted molar refractivity (Wildman–Crippen MR) is 126 cm³/mol. The standard InChI is InChI=1S/C25H24N2O2S/c1-6-10-20-21(11-7-2)26(5)25(24(20,3)4)15-14-17-16-22(27(28)29)18-12-8-9-13-19(18)23(17)30-25/h6-16H,1-2H2,3-5H3/b20-10+,21-11+. The van der Waals surface area contributed by atoms with Crippen LogP contribution in [0.4, 0.5) is 5.69 Å². The van der Waals surface area contributed by atoms with Gasteiger partial charge in [0.2, 0.25) is 0 Å². The van der Waals surface area contributed by atoms with E-state index in [0.29, 0.717) is 5.39 Å². The van der Waals surface area contributed by atoms with Crippen LogP contribution in [0.5, 0.6) is 0 Å². The van der Waals surface area contributed by atoms with E-state index in [1.54, 1.807) is 17.8 Å². The van der Waals surface area contributed by atoms with Gasteiger partial charge >= 0.3 is 0 Å². The molecule has 4 rings (SSSR count). The number of likely N-dealkylation sites (tertiary alicyclic amines) is 1. The van der Waals surface area contributed by atoms with Crippen LogP contribution in [-0.4, -0.2) is 21.7 Å². The molecule has 0 bridgehead atoms. The fourth-order valence-electron chi connectivity index (χ4n) is 4.66. The first kappa shape index (κ1) is 20.2. The average molecular weight is 417 g/mol. The topological polar surface area (TPSA) is 46.4 Å². The van der Waals surface area contributed by atoms with Crippen molar-refractivity contribution in [1.82, 2.24) is 4.90 Å². The van der Waals surface area contributed by atoms with Crippen molar-refractivity contribution in [1.29, 1.82) is 0 Å². The van der Waals surface area contributed by atoms with Gasteiger partial charge in [0, 0.05) is 34.5 Å². The number of fused-ring (bicyclic) bond motifs is 3. The van der Waals surface area contributed by atoms with Gasteiger partial charge in [0.05, 0.1) is 10.3 Å². The Morgan fingerprint density at radius 2 is 1.80 bits per heavy atom. The van der Waals surface area contributed by atoms with Crippen molar-refractivity contribution < 1.29 is 4.92 Å². The highest BCUT2D eigenvalue weighted by Crippen LogP contribution is 2.63. The third-order valence-corrected chi connectivity index (χ3v) is 8.10. The van der Waals surface area contributed by atoms with E-state index < -0.39 is 0 Å². The van der Waals surface area contributed by atoms with Crippen LogP contribution >= 0.6 is 11.8 Å². The van der Waals surface area contributed by atoms with Gasteiger partial charge in [-0.1, -0.05) is 81.3 Å². The van der Waals surface area contributed by atoms with Crippen LogP contribution in [0.2, 0.25) is 0 Å². The minimum absolute atomic E-state index is 0.143. The Hall–Kier alpha value is -3.05. The average Bonchev–Trinajstić information content (AvgIpc) is 2.87. The second-order valence-electron chi connectivity index (χ2n) is 8.04. The Balaban J connectivity index is 1.99. The van der Waals surface area contributed by atoms with Crippen molar-refractivity contribution in [2.75, 3.05) is 7.05 Å². The molecule has 1 unspecified atom stereocenters.